The van der Waals surface area contributed by atoms with Crippen LogP contribution in [0.5, 0.6) is 0 Å². The fourth-order valence-electron chi connectivity index (χ4n) is 3.23. The summed E-state index contributed by atoms with van der Waals surface area (Å²) in [4.78, 5) is 0. The van der Waals surface area contributed by atoms with E-state index in [1.807, 2.05) is 0 Å². The number of nitrogens with one attached hydrogen (secondary N) is 1. The van der Waals surface area contributed by atoms with Crippen molar-refractivity contribution < 1.29 is 5.11 Å². The molecule has 1 fully saturated rings. The van der Waals surface area contributed by atoms with Gasteiger partial charge in [-0.05, 0) is 62.1 Å². The Morgan fingerprint density at radius 3 is 2.60 bits per heavy atom. The van der Waals surface area contributed by atoms with Crippen LogP contribution in [0.3, 0.4) is 0 Å². The van der Waals surface area contributed by atoms with Crippen molar-refractivity contribution >= 4 is 0 Å². The summed E-state index contributed by atoms with van der Waals surface area (Å²) in [5.74, 6) is 0.828. The number of benzene rings is 1. The van der Waals surface area contributed by atoms with Crippen LogP contribution < -0.4 is 5.32 Å². The topological polar surface area (TPSA) is 32.3 Å². The van der Waals surface area contributed by atoms with E-state index >= 15 is 0 Å². The standard InChI is InChI=1S/C18H29NO/c1-4-16-8-10-18(20,11-9-16)13-19-12-17-7-5-6-14(2)15(17)3/h5-7,16,19-20H,4,8-13H2,1-3H3. The Kier molecular flexibility index (Phi) is 5.22. The Labute approximate surface area is 123 Å². The first-order valence-corrected chi connectivity index (χ1v) is 8.02. The predicted molar refractivity (Wildman–Crippen MR) is 84.8 cm³/mol. The van der Waals surface area contributed by atoms with Crippen LogP contribution in [0.2, 0.25) is 0 Å². The summed E-state index contributed by atoms with van der Waals surface area (Å²) in [5, 5.41) is 14.1. The van der Waals surface area contributed by atoms with Crippen molar-refractivity contribution in [3.8, 4) is 0 Å². The van der Waals surface area contributed by atoms with E-state index in [9.17, 15) is 5.11 Å². The van der Waals surface area contributed by atoms with E-state index in [1.165, 1.54) is 36.0 Å². The van der Waals surface area contributed by atoms with Crippen molar-refractivity contribution in [1.82, 2.24) is 5.32 Å². The average Bonchev–Trinajstić information content (AvgIpc) is 2.44. The first kappa shape index (κ1) is 15.5. The lowest BCUT2D eigenvalue weighted by atomic mass is 9.78. The third-order valence-electron chi connectivity index (χ3n) is 5.10. The number of aliphatic hydroxyl groups is 1. The fraction of sp³-hybridized carbons (Fsp3) is 0.667. The van der Waals surface area contributed by atoms with Crippen molar-refractivity contribution in [3.63, 3.8) is 0 Å². The molecule has 0 aliphatic heterocycles. The lowest BCUT2D eigenvalue weighted by Crippen LogP contribution is -2.43. The maximum absolute atomic E-state index is 10.6. The van der Waals surface area contributed by atoms with E-state index in [1.54, 1.807) is 0 Å². The van der Waals surface area contributed by atoms with Gasteiger partial charge in [-0.25, -0.2) is 0 Å². The normalized spacial score (nSPS) is 26.7. The molecular formula is C18H29NO. The number of aryl methyl sites for hydroxylation is 1. The molecule has 0 spiro atoms. The molecule has 2 nitrogen and oxygen atoms in total. The highest BCUT2D eigenvalue weighted by Gasteiger charge is 2.32. The molecule has 0 amide bonds. The Morgan fingerprint density at radius 2 is 1.95 bits per heavy atom. The second kappa shape index (κ2) is 6.73. The van der Waals surface area contributed by atoms with Gasteiger partial charge in [-0.1, -0.05) is 31.5 Å². The van der Waals surface area contributed by atoms with Crippen molar-refractivity contribution in [2.45, 2.75) is 65.0 Å². The summed E-state index contributed by atoms with van der Waals surface area (Å²) in [7, 11) is 0. The van der Waals surface area contributed by atoms with Gasteiger partial charge in [0.05, 0.1) is 5.60 Å². The third kappa shape index (κ3) is 3.83. The Balaban J connectivity index is 1.82. The van der Waals surface area contributed by atoms with Gasteiger partial charge in [0.1, 0.15) is 0 Å². The average molecular weight is 275 g/mol. The lowest BCUT2D eigenvalue weighted by Gasteiger charge is -2.36. The Morgan fingerprint density at radius 1 is 1.25 bits per heavy atom. The molecule has 0 radical (unpaired) electrons. The largest absolute Gasteiger partial charge is 0.389 e. The van der Waals surface area contributed by atoms with Crippen LogP contribution in [0.25, 0.3) is 0 Å². The second-order valence-corrected chi connectivity index (χ2v) is 6.54. The van der Waals surface area contributed by atoms with Gasteiger partial charge < -0.3 is 10.4 Å². The molecule has 1 aliphatic rings. The third-order valence-corrected chi connectivity index (χ3v) is 5.10. The molecule has 1 saturated carbocycles. The van der Waals surface area contributed by atoms with Crippen molar-refractivity contribution in [2.75, 3.05) is 6.54 Å². The van der Waals surface area contributed by atoms with Crippen LogP contribution in [0, 0.1) is 19.8 Å². The number of hydrogen-bond donors (Lipinski definition) is 2. The zero-order valence-corrected chi connectivity index (χ0v) is 13.2. The van der Waals surface area contributed by atoms with E-state index in [4.69, 9.17) is 0 Å². The Hall–Kier alpha value is -0.860. The van der Waals surface area contributed by atoms with Gasteiger partial charge in [-0.2, -0.15) is 0 Å². The zero-order valence-electron chi connectivity index (χ0n) is 13.2. The van der Waals surface area contributed by atoms with Gasteiger partial charge >= 0.3 is 0 Å². The highest BCUT2D eigenvalue weighted by Crippen LogP contribution is 2.33. The Bertz CT molecular complexity index is 433. The number of rotatable bonds is 5. The smallest absolute Gasteiger partial charge is 0.0771 e. The molecule has 2 heteroatoms. The molecule has 2 N–H and O–H groups in total. The van der Waals surface area contributed by atoms with Gasteiger partial charge in [0, 0.05) is 13.1 Å². The van der Waals surface area contributed by atoms with Gasteiger partial charge in [-0.15, -0.1) is 0 Å². The molecule has 0 unspecified atom stereocenters. The first-order valence-electron chi connectivity index (χ1n) is 8.02. The highest BCUT2D eigenvalue weighted by molar-refractivity contribution is 5.32. The summed E-state index contributed by atoms with van der Waals surface area (Å²) >= 11 is 0. The van der Waals surface area contributed by atoms with E-state index in [0.29, 0.717) is 0 Å². The molecule has 20 heavy (non-hydrogen) atoms. The maximum Gasteiger partial charge on any atom is 0.0771 e. The second-order valence-electron chi connectivity index (χ2n) is 6.54. The summed E-state index contributed by atoms with van der Waals surface area (Å²) in [6.07, 6.45) is 5.51. The zero-order chi connectivity index (χ0) is 14.6. The summed E-state index contributed by atoms with van der Waals surface area (Å²) < 4.78 is 0. The van der Waals surface area contributed by atoms with Gasteiger partial charge in [0.2, 0.25) is 0 Å². The van der Waals surface area contributed by atoms with Gasteiger partial charge in [0.15, 0.2) is 0 Å². The molecule has 1 aliphatic carbocycles. The molecule has 1 aromatic rings. The molecule has 0 bridgehead atoms. The van der Waals surface area contributed by atoms with E-state index in [2.05, 4.69) is 44.3 Å². The van der Waals surface area contributed by atoms with Gasteiger partial charge in [-0.3, -0.25) is 0 Å². The summed E-state index contributed by atoms with van der Waals surface area (Å²) in [6.45, 7) is 8.16. The lowest BCUT2D eigenvalue weighted by molar-refractivity contribution is -0.00882. The minimum Gasteiger partial charge on any atom is -0.389 e. The molecule has 2 rings (SSSR count). The van der Waals surface area contributed by atoms with Crippen LogP contribution in [-0.2, 0) is 6.54 Å². The molecule has 1 aromatic carbocycles. The van der Waals surface area contributed by atoms with Crippen LogP contribution in [-0.4, -0.2) is 17.3 Å². The summed E-state index contributed by atoms with van der Waals surface area (Å²) in [5.41, 5.74) is 3.56. The van der Waals surface area contributed by atoms with Crippen molar-refractivity contribution in [3.05, 3.63) is 34.9 Å². The number of hydrogen-bond acceptors (Lipinski definition) is 2. The highest BCUT2D eigenvalue weighted by atomic mass is 16.3. The minimum atomic E-state index is -0.483. The van der Waals surface area contributed by atoms with Crippen LogP contribution in [0.15, 0.2) is 18.2 Å². The van der Waals surface area contributed by atoms with Crippen LogP contribution >= 0.6 is 0 Å². The molecule has 0 aromatic heterocycles. The van der Waals surface area contributed by atoms with Crippen molar-refractivity contribution in [2.24, 2.45) is 5.92 Å². The molecule has 0 saturated heterocycles. The first-order chi connectivity index (χ1) is 9.54. The summed E-state index contributed by atoms with van der Waals surface area (Å²) in [6, 6.07) is 6.44. The maximum atomic E-state index is 10.6. The SMILES string of the molecule is CCC1CCC(O)(CNCc2cccc(C)c2C)CC1. The molecule has 112 valence electrons. The van der Waals surface area contributed by atoms with Gasteiger partial charge in [0.25, 0.3) is 0 Å². The monoisotopic (exact) mass is 275 g/mol. The quantitative estimate of drug-likeness (QED) is 0.858. The minimum absolute atomic E-state index is 0.483. The molecular weight excluding hydrogens is 246 g/mol. The molecule has 0 atom stereocenters. The van der Waals surface area contributed by atoms with Crippen LogP contribution in [0.1, 0.15) is 55.7 Å². The van der Waals surface area contributed by atoms with Crippen LogP contribution in [0.4, 0.5) is 0 Å². The van der Waals surface area contributed by atoms with E-state index < -0.39 is 5.60 Å². The molecule has 0 heterocycles. The van der Waals surface area contributed by atoms with E-state index in [0.717, 1.165) is 31.8 Å². The van der Waals surface area contributed by atoms with Crippen molar-refractivity contribution in [1.29, 1.82) is 0 Å². The predicted octanol–water partition coefficient (Wildman–Crippen LogP) is 3.72. The fourth-order valence-corrected chi connectivity index (χ4v) is 3.23. The van der Waals surface area contributed by atoms with E-state index in [-0.39, 0.29) is 0 Å².